The Morgan fingerprint density at radius 1 is 1.40 bits per heavy atom. The summed E-state index contributed by atoms with van der Waals surface area (Å²) in [5.41, 5.74) is -0.504. The molecule has 1 rings (SSSR count). The zero-order valence-corrected chi connectivity index (χ0v) is 9.02. The predicted molar refractivity (Wildman–Crippen MR) is 53.5 cm³/mol. The molecule has 1 aromatic carbocycles. The number of ether oxygens (including phenoxy) is 1. The summed E-state index contributed by atoms with van der Waals surface area (Å²) in [6.45, 7) is -0.0480. The van der Waals surface area contributed by atoms with Crippen LogP contribution in [-0.2, 0) is 20.4 Å². The molecule has 0 bridgehead atoms. The van der Waals surface area contributed by atoms with Gasteiger partial charge in [-0.15, -0.1) is 0 Å². The van der Waals surface area contributed by atoms with Crippen molar-refractivity contribution in [1.82, 2.24) is 0 Å². The molecule has 15 heavy (non-hydrogen) atoms. The van der Waals surface area contributed by atoms with Crippen LogP contribution >= 0.6 is 7.60 Å². The molecule has 0 saturated heterocycles. The number of carbonyl (C=O) groups is 1. The van der Waals surface area contributed by atoms with E-state index in [4.69, 9.17) is 4.89 Å². The molecular weight excluding hydrogens is 219 g/mol. The van der Waals surface area contributed by atoms with Gasteiger partial charge in [0.2, 0.25) is 0 Å². The average molecular weight is 230 g/mol. The maximum atomic E-state index is 11.0. The van der Waals surface area contributed by atoms with Crippen molar-refractivity contribution in [2.45, 2.75) is 6.61 Å². The first kappa shape index (κ1) is 11.9. The van der Waals surface area contributed by atoms with E-state index in [2.05, 4.69) is 9.26 Å². The molecule has 0 aromatic heterocycles. The predicted octanol–water partition coefficient (Wildman–Crippen LogP) is 2.16. The van der Waals surface area contributed by atoms with Gasteiger partial charge < -0.3 is 14.2 Å². The Bertz CT molecular complexity index is 375. The maximum absolute atomic E-state index is 11.0. The van der Waals surface area contributed by atoms with Gasteiger partial charge >= 0.3 is 13.3 Å². The molecule has 0 heterocycles. The lowest BCUT2D eigenvalue weighted by Gasteiger charge is -2.08. The summed E-state index contributed by atoms with van der Waals surface area (Å²) < 4.78 is 19.7. The van der Waals surface area contributed by atoms with Gasteiger partial charge in [0, 0.05) is 7.11 Å². The minimum atomic E-state index is -4.26. The zero-order valence-electron chi connectivity index (χ0n) is 8.12. The van der Waals surface area contributed by atoms with Gasteiger partial charge in [-0.1, -0.05) is 30.3 Å². The zero-order chi connectivity index (χ0) is 11.3. The Hall–Kier alpha value is -1.16. The van der Waals surface area contributed by atoms with E-state index in [-0.39, 0.29) is 6.61 Å². The summed E-state index contributed by atoms with van der Waals surface area (Å²) in [5, 5.41) is 0. The summed E-state index contributed by atoms with van der Waals surface area (Å²) >= 11 is 0. The van der Waals surface area contributed by atoms with Gasteiger partial charge in [-0.25, -0.2) is 9.36 Å². The molecule has 0 aliphatic carbocycles. The van der Waals surface area contributed by atoms with Crippen molar-refractivity contribution in [3.8, 4) is 0 Å². The van der Waals surface area contributed by atoms with Gasteiger partial charge in [-0.3, -0.25) is 0 Å². The molecule has 1 atom stereocenters. The SMILES string of the molecule is COP(=O)(O)C(=O)OCc1ccccc1. The van der Waals surface area contributed by atoms with E-state index in [1.54, 1.807) is 24.3 Å². The van der Waals surface area contributed by atoms with Crippen molar-refractivity contribution in [1.29, 1.82) is 0 Å². The molecule has 0 saturated carbocycles. The van der Waals surface area contributed by atoms with E-state index >= 15 is 0 Å². The van der Waals surface area contributed by atoms with Crippen LogP contribution in [0.2, 0.25) is 0 Å². The largest absolute Gasteiger partial charge is 0.452 e. The molecule has 0 aliphatic rings. The monoisotopic (exact) mass is 230 g/mol. The average Bonchev–Trinajstić information content (AvgIpc) is 2.27. The summed E-state index contributed by atoms with van der Waals surface area (Å²) in [5.74, 6) is 0. The van der Waals surface area contributed by atoms with Crippen LogP contribution in [0.5, 0.6) is 0 Å². The van der Waals surface area contributed by atoms with Crippen molar-refractivity contribution < 1.29 is 23.5 Å². The van der Waals surface area contributed by atoms with Gasteiger partial charge in [0.05, 0.1) is 0 Å². The molecule has 0 amide bonds. The van der Waals surface area contributed by atoms with E-state index < -0.39 is 13.3 Å². The molecule has 82 valence electrons. The highest BCUT2D eigenvalue weighted by molar-refractivity contribution is 7.70. The van der Waals surface area contributed by atoms with E-state index in [1.165, 1.54) is 0 Å². The van der Waals surface area contributed by atoms with Crippen LogP contribution in [0.3, 0.4) is 0 Å². The van der Waals surface area contributed by atoms with Crippen molar-refractivity contribution >= 4 is 13.3 Å². The van der Waals surface area contributed by atoms with Crippen molar-refractivity contribution in [2.75, 3.05) is 7.11 Å². The molecule has 0 aliphatic heterocycles. The van der Waals surface area contributed by atoms with E-state index in [1.807, 2.05) is 6.07 Å². The van der Waals surface area contributed by atoms with Crippen molar-refractivity contribution in [3.63, 3.8) is 0 Å². The highest BCUT2D eigenvalue weighted by atomic mass is 31.2. The number of hydrogen-bond donors (Lipinski definition) is 1. The first-order chi connectivity index (χ1) is 7.06. The Morgan fingerprint density at radius 2 is 2.00 bits per heavy atom. The molecule has 1 aromatic rings. The first-order valence-corrected chi connectivity index (χ1v) is 5.74. The van der Waals surface area contributed by atoms with Gasteiger partial charge in [0.1, 0.15) is 6.61 Å². The van der Waals surface area contributed by atoms with Crippen LogP contribution in [0.15, 0.2) is 30.3 Å². The number of carbonyl (C=O) groups excluding carboxylic acids is 1. The number of hydrogen-bond acceptors (Lipinski definition) is 4. The molecule has 6 heteroatoms. The molecule has 1 unspecified atom stereocenters. The van der Waals surface area contributed by atoms with Crippen LogP contribution in [-0.4, -0.2) is 17.7 Å². The fourth-order valence-electron chi connectivity index (χ4n) is 0.875. The quantitative estimate of drug-likeness (QED) is 0.802. The fourth-order valence-corrected chi connectivity index (χ4v) is 1.25. The second-order valence-corrected chi connectivity index (χ2v) is 4.51. The van der Waals surface area contributed by atoms with Gasteiger partial charge in [-0.05, 0) is 5.56 Å². The Balaban J connectivity index is 2.52. The maximum Gasteiger partial charge on any atom is 0.435 e. The Morgan fingerprint density at radius 3 is 2.53 bits per heavy atom. The van der Waals surface area contributed by atoms with Gasteiger partial charge in [0.15, 0.2) is 0 Å². The lowest BCUT2D eigenvalue weighted by atomic mass is 10.2. The van der Waals surface area contributed by atoms with Crippen LogP contribution in [0, 0.1) is 0 Å². The molecule has 0 fully saturated rings. The van der Waals surface area contributed by atoms with Crippen molar-refractivity contribution in [3.05, 3.63) is 35.9 Å². The van der Waals surface area contributed by atoms with E-state index in [0.717, 1.165) is 12.7 Å². The smallest absolute Gasteiger partial charge is 0.435 e. The summed E-state index contributed by atoms with van der Waals surface area (Å²) in [4.78, 5) is 19.9. The first-order valence-electron chi connectivity index (χ1n) is 4.16. The molecule has 0 radical (unpaired) electrons. The van der Waals surface area contributed by atoms with Crippen LogP contribution in [0.25, 0.3) is 0 Å². The third-order valence-corrected chi connectivity index (χ3v) is 2.77. The number of benzene rings is 1. The normalized spacial score (nSPS) is 14.3. The minimum absolute atomic E-state index is 0.0480. The topological polar surface area (TPSA) is 72.8 Å². The van der Waals surface area contributed by atoms with Crippen LogP contribution < -0.4 is 0 Å². The third-order valence-electron chi connectivity index (χ3n) is 1.68. The minimum Gasteiger partial charge on any atom is -0.452 e. The van der Waals surface area contributed by atoms with Crippen LogP contribution in [0.4, 0.5) is 4.79 Å². The second-order valence-electron chi connectivity index (χ2n) is 2.74. The summed E-state index contributed by atoms with van der Waals surface area (Å²) in [6.07, 6.45) is 0. The Labute approximate surface area is 87.2 Å². The van der Waals surface area contributed by atoms with Crippen LogP contribution in [0.1, 0.15) is 5.56 Å². The lowest BCUT2D eigenvalue weighted by Crippen LogP contribution is -2.04. The second kappa shape index (κ2) is 5.07. The van der Waals surface area contributed by atoms with Gasteiger partial charge in [0.25, 0.3) is 0 Å². The molecule has 5 nitrogen and oxygen atoms in total. The molecule has 0 spiro atoms. The Kier molecular flexibility index (Phi) is 4.03. The summed E-state index contributed by atoms with van der Waals surface area (Å²) in [7, 11) is -3.29. The lowest BCUT2D eigenvalue weighted by molar-refractivity contribution is 0.154. The summed E-state index contributed by atoms with van der Waals surface area (Å²) in [6, 6.07) is 8.85. The van der Waals surface area contributed by atoms with E-state index in [0.29, 0.717) is 0 Å². The standard InChI is InChI=1S/C9H11O5P/c1-13-15(11,12)9(10)14-7-8-5-3-2-4-6-8/h2-6H,7H2,1H3,(H,11,12). The van der Waals surface area contributed by atoms with E-state index in [9.17, 15) is 9.36 Å². The fraction of sp³-hybridized carbons (Fsp3) is 0.222. The van der Waals surface area contributed by atoms with Gasteiger partial charge in [-0.2, -0.15) is 0 Å². The molecule has 1 N–H and O–H groups in total. The third kappa shape index (κ3) is 3.47. The number of rotatable bonds is 4. The van der Waals surface area contributed by atoms with Crippen molar-refractivity contribution in [2.24, 2.45) is 0 Å². The molecular formula is C9H11O5P. The highest BCUT2D eigenvalue weighted by Gasteiger charge is 2.31. The highest BCUT2D eigenvalue weighted by Crippen LogP contribution is 2.42.